The zero-order valence-corrected chi connectivity index (χ0v) is 11.6. The van der Waals surface area contributed by atoms with Crippen LogP contribution in [0, 0.1) is 0 Å². The molecule has 0 aromatic carbocycles. The molecule has 0 aliphatic rings. The van der Waals surface area contributed by atoms with Crippen molar-refractivity contribution < 1.29 is 4.79 Å². The van der Waals surface area contributed by atoms with Crippen molar-refractivity contribution >= 4 is 23.5 Å². The van der Waals surface area contributed by atoms with Crippen molar-refractivity contribution in [3.8, 4) is 5.95 Å². The number of halogens is 1. The van der Waals surface area contributed by atoms with Crippen LogP contribution in [0.2, 0.25) is 5.28 Å². The Morgan fingerprint density at radius 1 is 1.40 bits per heavy atom. The van der Waals surface area contributed by atoms with Crippen molar-refractivity contribution in [2.24, 2.45) is 0 Å². The summed E-state index contributed by atoms with van der Waals surface area (Å²) in [5, 5.41) is 9.71. The number of carbonyl (C=O) groups excluding carboxylic acids is 1. The number of aromatic nitrogens is 5. The van der Waals surface area contributed by atoms with Gasteiger partial charge in [0.25, 0.3) is 5.95 Å². The first kappa shape index (κ1) is 14.2. The van der Waals surface area contributed by atoms with Crippen LogP contribution in [0.4, 0.5) is 5.95 Å². The smallest absolute Gasteiger partial charge is 0.256 e. The highest BCUT2D eigenvalue weighted by atomic mass is 35.5. The molecule has 0 fully saturated rings. The summed E-state index contributed by atoms with van der Waals surface area (Å²) in [6, 6.07) is 1.75. The van der Waals surface area contributed by atoms with E-state index < -0.39 is 0 Å². The predicted octanol–water partition coefficient (Wildman–Crippen LogP) is 0.649. The van der Waals surface area contributed by atoms with Gasteiger partial charge in [-0.25, -0.2) is 4.68 Å². The molecular formula is C11H14ClN7O. The van der Waals surface area contributed by atoms with Crippen molar-refractivity contribution in [3.63, 3.8) is 0 Å². The second-order valence-electron chi connectivity index (χ2n) is 3.81. The number of rotatable bonds is 6. The molecule has 2 aromatic rings. The quantitative estimate of drug-likeness (QED) is 0.812. The summed E-state index contributed by atoms with van der Waals surface area (Å²) >= 11 is 5.84. The molecule has 0 aliphatic heterocycles. The Bertz CT molecular complexity index is 572. The second-order valence-corrected chi connectivity index (χ2v) is 4.15. The van der Waals surface area contributed by atoms with Gasteiger partial charge in [-0.2, -0.15) is 20.1 Å². The topological polar surface area (TPSA) is 97.6 Å². The van der Waals surface area contributed by atoms with E-state index in [4.69, 9.17) is 11.6 Å². The van der Waals surface area contributed by atoms with Gasteiger partial charge >= 0.3 is 0 Å². The summed E-state index contributed by atoms with van der Waals surface area (Å²) in [5.74, 6) is 0.586. The van der Waals surface area contributed by atoms with Crippen molar-refractivity contribution in [3.05, 3.63) is 23.7 Å². The SMILES string of the molecule is CCNC(=O)CCNc1nc(Cl)nc(-n2cccn2)n1. The van der Waals surface area contributed by atoms with Gasteiger partial charge in [-0.3, -0.25) is 4.79 Å². The first-order valence-electron chi connectivity index (χ1n) is 6.11. The van der Waals surface area contributed by atoms with Gasteiger partial charge in [-0.1, -0.05) is 0 Å². The lowest BCUT2D eigenvalue weighted by Crippen LogP contribution is -2.25. The van der Waals surface area contributed by atoms with E-state index in [1.165, 1.54) is 4.68 Å². The highest BCUT2D eigenvalue weighted by molar-refractivity contribution is 6.28. The van der Waals surface area contributed by atoms with E-state index in [0.29, 0.717) is 31.4 Å². The van der Waals surface area contributed by atoms with E-state index in [1.54, 1.807) is 18.5 Å². The number of hydrogen-bond acceptors (Lipinski definition) is 6. The Kier molecular flexibility index (Phi) is 4.83. The molecule has 0 spiro atoms. The third-order valence-corrected chi connectivity index (χ3v) is 2.48. The highest BCUT2D eigenvalue weighted by Crippen LogP contribution is 2.08. The number of hydrogen-bond donors (Lipinski definition) is 2. The van der Waals surface area contributed by atoms with Crippen LogP contribution in [0.3, 0.4) is 0 Å². The largest absolute Gasteiger partial charge is 0.356 e. The summed E-state index contributed by atoms with van der Waals surface area (Å²) in [6.45, 7) is 2.89. The highest BCUT2D eigenvalue weighted by Gasteiger charge is 2.07. The number of nitrogens with one attached hydrogen (secondary N) is 2. The molecule has 2 rings (SSSR count). The van der Waals surface area contributed by atoms with E-state index in [0.717, 1.165) is 0 Å². The maximum absolute atomic E-state index is 11.3. The number of anilines is 1. The molecule has 20 heavy (non-hydrogen) atoms. The molecule has 0 bridgehead atoms. The van der Waals surface area contributed by atoms with Gasteiger partial charge in [-0.05, 0) is 24.6 Å². The second kappa shape index (κ2) is 6.80. The average molecular weight is 296 g/mol. The molecule has 2 heterocycles. The monoisotopic (exact) mass is 295 g/mol. The summed E-state index contributed by atoms with van der Waals surface area (Å²) in [5.41, 5.74) is 0. The maximum atomic E-state index is 11.3. The van der Waals surface area contributed by atoms with Crippen LogP contribution in [0.25, 0.3) is 5.95 Å². The fraction of sp³-hybridized carbons (Fsp3) is 0.364. The van der Waals surface area contributed by atoms with Crippen LogP contribution in [-0.4, -0.2) is 43.7 Å². The van der Waals surface area contributed by atoms with Gasteiger partial charge in [0, 0.05) is 31.9 Å². The van der Waals surface area contributed by atoms with Gasteiger partial charge in [0.15, 0.2) is 0 Å². The van der Waals surface area contributed by atoms with E-state index >= 15 is 0 Å². The zero-order chi connectivity index (χ0) is 14.4. The molecule has 9 heteroatoms. The Morgan fingerprint density at radius 2 is 2.25 bits per heavy atom. The summed E-state index contributed by atoms with van der Waals surface area (Å²) in [4.78, 5) is 23.4. The van der Waals surface area contributed by atoms with Crippen LogP contribution in [0.5, 0.6) is 0 Å². The molecule has 2 aromatic heterocycles. The third-order valence-electron chi connectivity index (χ3n) is 2.31. The Labute approximate surface area is 120 Å². The standard InChI is InChI=1S/C11H14ClN7O/c1-2-13-8(20)4-6-14-10-16-9(12)17-11(18-10)19-7-3-5-15-19/h3,5,7H,2,4,6H2,1H3,(H,13,20)(H,14,16,17,18). The lowest BCUT2D eigenvalue weighted by molar-refractivity contribution is -0.120. The molecule has 1 amide bonds. The van der Waals surface area contributed by atoms with E-state index in [1.807, 2.05) is 6.92 Å². The lowest BCUT2D eigenvalue weighted by atomic mass is 10.4. The molecule has 0 atom stereocenters. The van der Waals surface area contributed by atoms with Crippen molar-refractivity contribution in [1.29, 1.82) is 0 Å². The molecule has 8 nitrogen and oxygen atoms in total. The minimum Gasteiger partial charge on any atom is -0.356 e. The summed E-state index contributed by atoms with van der Waals surface area (Å²) in [7, 11) is 0. The molecule has 0 saturated carbocycles. The van der Waals surface area contributed by atoms with Gasteiger partial charge in [0.2, 0.25) is 17.1 Å². The average Bonchev–Trinajstić information content (AvgIpc) is 2.92. The van der Waals surface area contributed by atoms with Crippen molar-refractivity contribution in [2.75, 3.05) is 18.4 Å². The van der Waals surface area contributed by atoms with Gasteiger partial charge < -0.3 is 10.6 Å². The Morgan fingerprint density at radius 3 is 2.95 bits per heavy atom. The molecule has 0 radical (unpaired) electrons. The van der Waals surface area contributed by atoms with Crippen LogP contribution in [0.1, 0.15) is 13.3 Å². The van der Waals surface area contributed by atoms with Crippen LogP contribution >= 0.6 is 11.6 Å². The van der Waals surface area contributed by atoms with Crippen LogP contribution in [-0.2, 0) is 4.79 Å². The third kappa shape index (κ3) is 3.89. The summed E-state index contributed by atoms with van der Waals surface area (Å²) < 4.78 is 1.47. The minimum atomic E-state index is -0.0348. The minimum absolute atomic E-state index is 0.0348. The fourth-order valence-corrected chi connectivity index (χ4v) is 1.64. The predicted molar refractivity (Wildman–Crippen MR) is 73.7 cm³/mol. The molecule has 0 unspecified atom stereocenters. The molecule has 0 aliphatic carbocycles. The first-order valence-corrected chi connectivity index (χ1v) is 6.49. The molecular weight excluding hydrogens is 282 g/mol. The van der Waals surface area contributed by atoms with Crippen molar-refractivity contribution in [2.45, 2.75) is 13.3 Å². The fourth-order valence-electron chi connectivity index (χ4n) is 1.48. The van der Waals surface area contributed by atoms with Gasteiger partial charge in [-0.15, -0.1) is 0 Å². The van der Waals surface area contributed by atoms with Gasteiger partial charge in [0.05, 0.1) is 0 Å². The molecule has 0 saturated heterocycles. The van der Waals surface area contributed by atoms with E-state index in [9.17, 15) is 4.79 Å². The normalized spacial score (nSPS) is 10.3. The molecule has 2 N–H and O–H groups in total. The Hall–Kier alpha value is -2.22. The summed E-state index contributed by atoms with van der Waals surface area (Å²) in [6.07, 6.45) is 3.64. The van der Waals surface area contributed by atoms with Crippen LogP contribution in [0.15, 0.2) is 18.5 Å². The number of amides is 1. The van der Waals surface area contributed by atoms with E-state index in [2.05, 4.69) is 30.7 Å². The van der Waals surface area contributed by atoms with Crippen LogP contribution < -0.4 is 10.6 Å². The molecule has 106 valence electrons. The van der Waals surface area contributed by atoms with Crippen molar-refractivity contribution in [1.82, 2.24) is 30.0 Å². The number of carbonyl (C=O) groups is 1. The lowest BCUT2D eigenvalue weighted by Gasteiger charge is -2.06. The Balaban J connectivity index is 2.00. The number of nitrogens with zero attached hydrogens (tertiary/aromatic N) is 5. The zero-order valence-electron chi connectivity index (χ0n) is 10.9. The van der Waals surface area contributed by atoms with E-state index in [-0.39, 0.29) is 11.2 Å². The maximum Gasteiger partial charge on any atom is 0.256 e. The van der Waals surface area contributed by atoms with Gasteiger partial charge in [0.1, 0.15) is 0 Å². The first-order chi connectivity index (χ1) is 9.69.